The Morgan fingerprint density at radius 2 is 2.07 bits per heavy atom. The van der Waals surface area contributed by atoms with Crippen molar-refractivity contribution in [2.75, 3.05) is 19.8 Å². The molecular formula is C19H22N2O5S. The molecule has 2 aromatic rings. The largest absolute Gasteiger partial charge is 0.476 e. The van der Waals surface area contributed by atoms with Crippen molar-refractivity contribution in [1.29, 1.82) is 0 Å². The summed E-state index contributed by atoms with van der Waals surface area (Å²) in [5, 5.41) is 13.9. The molecule has 2 N–H and O–H groups in total. The van der Waals surface area contributed by atoms with Crippen molar-refractivity contribution < 1.29 is 24.2 Å². The Balaban J connectivity index is 1.52. The Kier molecular flexibility index (Phi) is 6.92. The number of carboxylic acid groups (broad SMARTS) is 1. The van der Waals surface area contributed by atoms with Crippen LogP contribution in [0.4, 0.5) is 0 Å². The summed E-state index contributed by atoms with van der Waals surface area (Å²) in [6.45, 7) is 2.21. The maximum absolute atomic E-state index is 12.5. The summed E-state index contributed by atoms with van der Waals surface area (Å²) in [6, 6.07) is 7.40. The molecule has 2 heterocycles. The SMILES string of the molecule is O=C(O)c1csc(CCNC(=O)c2ccccc2COC2CCOCC2)n1. The average molecular weight is 390 g/mol. The van der Waals surface area contributed by atoms with Gasteiger partial charge in [0.25, 0.3) is 5.91 Å². The normalized spacial score (nSPS) is 14.8. The van der Waals surface area contributed by atoms with E-state index in [-0.39, 0.29) is 17.7 Å². The van der Waals surface area contributed by atoms with E-state index in [0.29, 0.717) is 43.4 Å². The fraction of sp³-hybridized carbons (Fsp3) is 0.421. The molecule has 0 saturated carbocycles. The van der Waals surface area contributed by atoms with Crippen LogP contribution in [0.25, 0.3) is 0 Å². The number of hydrogen-bond donors (Lipinski definition) is 2. The number of aromatic nitrogens is 1. The molecule has 1 aromatic carbocycles. The first kappa shape index (κ1) is 19.5. The summed E-state index contributed by atoms with van der Waals surface area (Å²) in [7, 11) is 0. The van der Waals surface area contributed by atoms with Gasteiger partial charge in [-0.15, -0.1) is 11.3 Å². The summed E-state index contributed by atoms with van der Waals surface area (Å²) in [6.07, 6.45) is 2.41. The number of carbonyl (C=O) groups is 2. The number of rotatable bonds is 8. The van der Waals surface area contributed by atoms with Crippen LogP contribution in [0.1, 0.15) is 44.3 Å². The quantitative estimate of drug-likeness (QED) is 0.719. The van der Waals surface area contributed by atoms with Crippen LogP contribution in [0, 0.1) is 0 Å². The Labute approximate surface area is 161 Å². The van der Waals surface area contributed by atoms with Crippen LogP contribution in [0.2, 0.25) is 0 Å². The minimum Gasteiger partial charge on any atom is -0.476 e. The van der Waals surface area contributed by atoms with Gasteiger partial charge in [0.05, 0.1) is 17.7 Å². The van der Waals surface area contributed by atoms with Gasteiger partial charge in [-0.3, -0.25) is 4.79 Å². The third-order valence-electron chi connectivity index (χ3n) is 4.30. The lowest BCUT2D eigenvalue weighted by molar-refractivity contribution is -0.0392. The van der Waals surface area contributed by atoms with Gasteiger partial charge in [0.2, 0.25) is 0 Å². The highest BCUT2D eigenvalue weighted by Crippen LogP contribution is 2.16. The van der Waals surface area contributed by atoms with Crippen molar-refractivity contribution in [3.63, 3.8) is 0 Å². The maximum atomic E-state index is 12.5. The highest BCUT2D eigenvalue weighted by atomic mass is 32.1. The number of hydrogen-bond acceptors (Lipinski definition) is 6. The minimum absolute atomic E-state index is 0.0388. The van der Waals surface area contributed by atoms with Crippen LogP contribution in [0.3, 0.4) is 0 Å². The van der Waals surface area contributed by atoms with Gasteiger partial charge in [-0.2, -0.15) is 0 Å². The van der Waals surface area contributed by atoms with Gasteiger partial charge in [0, 0.05) is 37.1 Å². The number of thiazole rings is 1. The van der Waals surface area contributed by atoms with E-state index in [0.717, 1.165) is 18.4 Å². The van der Waals surface area contributed by atoms with Crippen LogP contribution in [0.5, 0.6) is 0 Å². The molecule has 1 aromatic heterocycles. The molecule has 0 atom stereocenters. The smallest absolute Gasteiger partial charge is 0.355 e. The fourth-order valence-electron chi connectivity index (χ4n) is 2.82. The first-order valence-electron chi connectivity index (χ1n) is 8.86. The summed E-state index contributed by atoms with van der Waals surface area (Å²) in [4.78, 5) is 27.4. The predicted octanol–water partition coefficient (Wildman–Crippen LogP) is 2.51. The zero-order valence-electron chi connectivity index (χ0n) is 14.8. The molecule has 0 aliphatic carbocycles. The Bertz CT molecular complexity index is 786. The molecule has 0 bridgehead atoms. The molecule has 144 valence electrons. The fourth-order valence-corrected chi connectivity index (χ4v) is 3.59. The van der Waals surface area contributed by atoms with Gasteiger partial charge in [-0.05, 0) is 24.5 Å². The monoisotopic (exact) mass is 390 g/mol. The van der Waals surface area contributed by atoms with Gasteiger partial charge in [-0.1, -0.05) is 18.2 Å². The highest BCUT2D eigenvalue weighted by Gasteiger charge is 2.16. The Morgan fingerprint density at radius 1 is 1.30 bits per heavy atom. The first-order valence-corrected chi connectivity index (χ1v) is 9.74. The van der Waals surface area contributed by atoms with Gasteiger partial charge in [0.15, 0.2) is 5.69 Å². The molecule has 7 nitrogen and oxygen atoms in total. The number of benzene rings is 1. The molecule has 1 fully saturated rings. The molecule has 27 heavy (non-hydrogen) atoms. The third kappa shape index (κ3) is 5.59. The molecule has 0 unspecified atom stereocenters. The molecule has 3 rings (SSSR count). The van der Waals surface area contributed by atoms with Gasteiger partial charge in [0.1, 0.15) is 0 Å². The van der Waals surface area contributed by atoms with Crippen molar-refractivity contribution in [2.24, 2.45) is 0 Å². The lowest BCUT2D eigenvalue weighted by atomic mass is 10.1. The number of nitrogens with zero attached hydrogens (tertiary/aromatic N) is 1. The Morgan fingerprint density at radius 3 is 2.81 bits per heavy atom. The number of ether oxygens (including phenoxy) is 2. The maximum Gasteiger partial charge on any atom is 0.355 e. The molecule has 1 aliphatic rings. The first-order chi connectivity index (χ1) is 13.1. The average Bonchev–Trinajstić information content (AvgIpc) is 3.17. The second-order valence-corrected chi connectivity index (χ2v) is 7.16. The highest BCUT2D eigenvalue weighted by molar-refractivity contribution is 7.09. The van der Waals surface area contributed by atoms with E-state index in [4.69, 9.17) is 14.6 Å². The molecule has 1 amide bonds. The van der Waals surface area contributed by atoms with Gasteiger partial charge < -0.3 is 19.9 Å². The van der Waals surface area contributed by atoms with Crippen molar-refractivity contribution in [3.8, 4) is 0 Å². The van der Waals surface area contributed by atoms with Crippen molar-refractivity contribution in [1.82, 2.24) is 10.3 Å². The zero-order valence-corrected chi connectivity index (χ0v) is 15.7. The third-order valence-corrected chi connectivity index (χ3v) is 5.21. The van der Waals surface area contributed by atoms with Crippen LogP contribution in [-0.4, -0.2) is 47.8 Å². The second-order valence-electron chi connectivity index (χ2n) is 6.22. The predicted molar refractivity (Wildman–Crippen MR) is 100 cm³/mol. The molecule has 0 spiro atoms. The topological polar surface area (TPSA) is 97.8 Å². The van der Waals surface area contributed by atoms with Crippen LogP contribution >= 0.6 is 11.3 Å². The molecule has 8 heteroatoms. The van der Waals surface area contributed by atoms with Crippen molar-refractivity contribution in [3.05, 3.63) is 51.5 Å². The van der Waals surface area contributed by atoms with Gasteiger partial charge >= 0.3 is 5.97 Å². The summed E-state index contributed by atoms with van der Waals surface area (Å²) < 4.78 is 11.3. The molecule has 1 aliphatic heterocycles. The molecular weight excluding hydrogens is 368 g/mol. The van der Waals surface area contributed by atoms with Crippen molar-refractivity contribution >= 4 is 23.2 Å². The van der Waals surface area contributed by atoms with E-state index in [9.17, 15) is 9.59 Å². The minimum atomic E-state index is -1.04. The summed E-state index contributed by atoms with van der Waals surface area (Å²) >= 11 is 1.28. The number of aromatic carboxylic acids is 1. The summed E-state index contributed by atoms with van der Waals surface area (Å²) in [5.41, 5.74) is 1.48. The van der Waals surface area contributed by atoms with E-state index in [1.54, 1.807) is 6.07 Å². The number of carbonyl (C=O) groups excluding carboxylic acids is 1. The standard InChI is InChI=1S/C19H22N2O5S/c22-18(20-8-5-17-21-16(12-27-17)19(23)24)15-4-2-1-3-13(15)11-26-14-6-9-25-10-7-14/h1-4,12,14H,5-11H2,(H,20,22)(H,23,24). The zero-order chi connectivity index (χ0) is 19.1. The Hall–Kier alpha value is -2.29. The van der Waals surface area contributed by atoms with E-state index in [2.05, 4.69) is 10.3 Å². The van der Waals surface area contributed by atoms with Crippen molar-refractivity contribution in [2.45, 2.75) is 32.0 Å². The summed E-state index contributed by atoms with van der Waals surface area (Å²) in [5.74, 6) is -1.21. The van der Waals surface area contributed by atoms with E-state index >= 15 is 0 Å². The number of nitrogens with one attached hydrogen (secondary N) is 1. The second kappa shape index (κ2) is 9.59. The number of carboxylic acids is 1. The van der Waals surface area contributed by atoms with E-state index < -0.39 is 5.97 Å². The molecule has 0 radical (unpaired) electrons. The lowest BCUT2D eigenvalue weighted by Crippen LogP contribution is -2.27. The van der Waals surface area contributed by atoms with Crippen LogP contribution in [-0.2, 0) is 22.5 Å². The lowest BCUT2D eigenvalue weighted by Gasteiger charge is -2.22. The van der Waals surface area contributed by atoms with Gasteiger partial charge in [-0.25, -0.2) is 9.78 Å². The molecule has 1 saturated heterocycles. The number of amides is 1. The van der Waals surface area contributed by atoms with E-state index in [1.165, 1.54) is 16.7 Å². The van der Waals surface area contributed by atoms with E-state index in [1.807, 2.05) is 18.2 Å². The van der Waals surface area contributed by atoms with Crippen LogP contribution in [0.15, 0.2) is 29.6 Å². The van der Waals surface area contributed by atoms with Crippen LogP contribution < -0.4 is 5.32 Å².